The van der Waals surface area contributed by atoms with Gasteiger partial charge in [-0.05, 0) is 166 Å². The van der Waals surface area contributed by atoms with Gasteiger partial charge in [-0.2, -0.15) is 0 Å². The number of nitrogens with zero attached hydrogens (tertiary/aromatic N) is 1. The number of rotatable bonds is 8. The summed E-state index contributed by atoms with van der Waals surface area (Å²) in [7, 11) is 0. The van der Waals surface area contributed by atoms with E-state index in [1.807, 2.05) is 0 Å². The summed E-state index contributed by atoms with van der Waals surface area (Å²) in [5.74, 6) is 1.40. The van der Waals surface area contributed by atoms with Crippen molar-refractivity contribution in [3.05, 3.63) is 23.3 Å². The maximum absolute atomic E-state index is 13.3. The van der Waals surface area contributed by atoms with E-state index in [0.717, 1.165) is 56.0 Å². The summed E-state index contributed by atoms with van der Waals surface area (Å²) in [6, 6.07) is 0. The van der Waals surface area contributed by atoms with Crippen molar-refractivity contribution < 1.29 is 24.2 Å². The van der Waals surface area contributed by atoms with E-state index in [2.05, 4.69) is 50.1 Å². The van der Waals surface area contributed by atoms with Crippen LogP contribution in [-0.4, -0.2) is 65.4 Å². The monoisotopic (exact) mass is 666 g/mol. The zero-order valence-corrected chi connectivity index (χ0v) is 30.3. The standard InChI is InChI=1S/C41H63FN2O4/c1-27-30(29-9-7-28(26-42)8-10-29)13-16-37(2)31(27)14-17-39(4)34(37)12-11-32-33-6-5-15-41(33,19-18-38(32,39)3)43-22-25-44-23-20-40(21-24-44,35(45)46)36(47)48/h9,13,27-28,31-34,43H,5-8,10-12,14-26H2,1-4H3,(H,45,46)(H,47,48)/t27?,28-,31?,32+,33+,34?,37-,38+,39+,41-/m0/s1. The van der Waals surface area contributed by atoms with Crippen LogP contribution in [0.5, 0.6) is 0 Å². The second-order valence-corrected chi connectivity index (χ2v) is 18.5. The molecule has 4 saturated carbocycles. The number of carboxylic acids is 2. The zero-order chi connectivity index (χ0) is 34.1. The molecule has 1 aliphatic heterocycles. The molecule has 268 valence electrons. The molecule has 0 aromatic carbocycles. The molecule has 10 atom stereocenters. The molecule has 0 aromatic heterocycles. The van der Waals surface area contributed by atoms with Gasteiger partial charge in [0.2, 0.25) is 0 Å². The Morgan fingerprint density at radius 1 is 0.875 bits per heavy atom. The number of piperidine rings is 1. The first-order valence-corrected chi connectivity index (χ1v) is 19.7. The van der Waals surface area contributed by atoms with Crippen molar-refractivity contribution in [2.45, 2.75) is 130 Å². The molecule has 7 aliphatic rings. The Kier molecular flexibility index (Phi) is 9.03. The number of hydrogen-bond donors (Lipinski definition) is 3. The Hall–Kier alpha value is -1.73. The lowest BCUT2D eigenvalue weighted by atomic mass is 9.34. The number of fused-ring (bicyclic) bond motifs is 7. The second kappa shape index (κ2) is 12.5. The summed E-state index contributed by atoms with van der Waals surface area (Å²) >= 11 is 0. The number of carboxylic acid groups (broad SMARTS) is 2. The van der Waals surface area contributed by atoms with Crippen LogP contribution in [0.3, 0.4) is 0 Å². The van der Waals surface area contributed by atoms with Gasteiger partial charge in [0.1, 0.15) is 0 Å². The van der Waals surface area contributed by atoms with E-state index in [-0.39, 0.29) is 31.0 Å². The highest BCUT2D eigenvalue weighted by Crippen LogP contribution is 2.75. The molecule has 0 radical (unpaired) electrons. The quantitative estimate of drug-likeness (QED) is 0.226. The van der Waals surface area contributed by atoms with E-state index >= 15 is 0 Å². The number of carbonyl (C=O) groups is 2. The number of likely N-dealkylation sites (tertiary alicyclic amines) is 1. The van der Waals surface area contributed by atoms with Gasteiger partial charge in [0.05, 0.1) is 6.67 Å². The highest BCUT2D eigenvalue weighted by molar-refractivity contribution is 5.98. The van der Waals surface area contributed by atoms with Crippen LogP contribution in [0, 0.1) is 57.2 Å². The van der Waals surface area contributed by atoms with Gasteiger partial charge in [-0.15, -0.1) is 0 Å². The van der Waals surface area contributed by atoms with Gasteiger partial charge in [-0.3, -0.25) is 14.0 Å². The van der Waals surface area contributed by atoms with Crippen molar-refractivity contribution in [1.29, 1.82) is 0 Å². The first-order valence-electron chi connectivity index (χ1n) is 19.7. The van der Waals surface area contributed by atoms with Gasteiger partial charge in [0.15, 0.2) is 5.41 Å². The van der Waals surface area contributed by atoms with E-state index in [0.29, 0.717) is 35.3 Å². The Balaban J connectivity index is 1.03. The van der Waals surface area contributed by atoms with Crippen LogP contribution in [0.25, 0.3) is 0 Å². The minimum atomic E-state index is -1.62. The third-order valence-electron chi connectivity index (χ3n) is 17.1. The molecule has 48 heavy (non-hydrogen) atoms. The molecule has 5 fully saturated rings. The van der Waals surface area contributed by atoms with Gasteiger partial charge in [-0.25, -0.2) is 0 Å². The lowest BCUT2D eigenvalue weighted by molar-refractivity contribution is -0.212. The predicted molar refractivity (Wildman–Crippen MR) is 187 cm³/mol. The van der Waals surface area contributed by atoms with Gasteiger partial charge in [0, 0.05) is 18.6 Å². The van der Waals surface area contributed by atoms with Crippen molar-refractivity contribution in [1.82, 2.24) is 10.2 Å². The summed E-state index contributed by atoms with van der Waals surface area (Å²) in [6.07, 6.45) is 21.4. The van der Waals surface area contributed by atoms with Gasteiger partial charge < -0.3 is 20.4 Å². The number of halogens is 1. The topological polar surface area (TPSA) is 89.9 Å². The van der Waals surface area contributed by atoms with Gasteiger partial charge >= 0.3 is 11.9 Å². The van der Waals surface area contributed by atoms with Crippen molar-refractivity contribution in [3.63, 3.8) is 0 Å². The smallest absolute Gasteiger partial charge is 0.321 e. The minimum Gasteiger partial charge on any atom is -0.480 e. The molecule has 1 heterocycles. The summed E-state index contributed by atoms with van der Waals surface area (Å²) in [4.78, 5) is 25.8. The number of alkyl halides is 1. The highest BCUT2D eigenvalue weighted by atomic mass is 19.1. The molecule has 6 nitrogen and oxygen atoms in total. The first-order chi connectivity index (χ1) is 22.8. The van der Waals surface area contributed by atoms with Crippen molar-refractivity contribution in [3.8, 4) is 0 Å². The summed E-state index contributed by atoms with van der Waals surface area (Å²) in [5.41, 5.74) is 2.77. The maximum atomic E-state index is 13.3. The van der Waals surface area contributed by atoms with E-state index in [1.165, 1.54) is 69.8 Å². The number of nitrogens with one attached hydrogen (secondary N) is 1. The zero-order valence-electron chi connectivity index (χ0n) is 30.3. The summed E-state index contributed by atoms with van der Waals surface area (Å²) in [5, 5.41) is 23.4. The SMILES string of the molecule is CC1C(C2=CC[C@H](CF)CC2)=CC[C@@]2(C)C1CC[C@]1(C)C2CC[C@@H]2[C@H]3CCC[C@]3(NCCN3CCC(C(=O)O)(C(=O)O)CC3)CC[C@]21C. The Bertz CT molecular complexity index is 1320. The molecule has 0 spiro atoms. The minimum absolute atomic E-state index is 0.178. The molecule has 0 bridgehead atoms. The highest BCUT2D eigenvalue weighted by Gasteiger charge is 2.68. The third-order valence-corrected chi connectivity index (χ3v) is 17.1. The number of allylic oxidation sites excluding steroid dienone is 4. The van der Waals surface area contributed by atoms with E-state index in [9.17, 15) is 24.2 Å². The fourth-order valence-corrected chi connectivity index (χ4v) is 14.0. The van der Waals surface area contributed by atoms with Crippen molar-refractivity contribution in [2.75, 3.05) is 32.9 Å². The van der Waals surface area contributed by atoms with Crippen LogP contribution in [0.4, 0.5) is 4.39 Å². The summed E-state index contributed by atoms with van der Waals surface area (Å²) in [6.45, 7) is 13.2. The van der Waals surface area contributed by atoms with Gasteiger partial charge in [-0.1, -0.05) is 46.3 Å². The van der Waals surface area contributed by atoms with Gasteiger partial charge in [0.25, 0.3) is 0 Å². The Labute approximate surface area is 288 Å². The Morgan fingerprint density at radius 3 is 2.29 bits per heavy atom. The number of hydrogen-bond acceptors (Lipinski definition) is 4. The fraction of sp³-hybridized carbons (Fsp3) is 0.854. The van der Waals surface area contributed by atoms with E-state index in [1.54, 1.807) is 5.57 Å². The molecule has 6 aliphatic carbocycles. The Morgan fingerprint density at radius 2 is 1.62 bits per heavy atom. The second-order valence-electron chi connectivity index (χ2n) is 18.5. The van der Waals surface area contributed by atoms with Crippen molar-refractivity contribution >= 4 is 11.9 Å². The maximum Gasteiger partial charge on any atom is 0.321 e. The van der Waals surface area contributed by atoms with Crippen LogP contribution in [0.15, 0.2) is 23.3 Å². The molecule has 0 amide bonds. The fourth-order valence-electron chi connectivity index (χ4n) is 14.0. The molecule has 1 saturated heterocycles. The average Bonchev–Trinajstić information content (AvgIpc) is 3.49. The molecular formula is C41H63FN2O4. The van der Waals surface area contributed by atoms with Crippen LogP contribution in [0.1, 0.15) is 124 Å². The van der Waals surface area contributed by atoms with Crippen LogP contribution in [-0.2, 0) is 9.59 Å². The van der Waals surface area contributed by atoms with Crippen LogP contribution >= 0.6 is 0 Å². The van der Waals surface area contributed by atoms with Crippen LogP contribution < -0.4 is 5.32 Å². The molecule has 0 aromatic rings. The average molecular weight is 667 g/mol. The first kappa shape index (κ1) is 34.7. The lowest BCUT2D eigenvalue weighted by Gasteiger charge is -2.71. The molecule has 3 N–H and O–H groups in total. The normalized spacial score (nSPS) is 45.5. The van der Waals surface area contributed by atoms with E-state index < -0.39 is 17.4 Å². The molecule has 3 unspecified atom stereocenters. The number of aliphatic carboxylic acids is 2. The third kappa shape index (κ3) is 5.12. The molecule has 7 rings (SSSR count). The van der Waals surface area contributed by atoms with Crippen LogP contribution in [0.2, 0.25) is 0 Å². The van der Waals surface area contributed by atoms with E-state index in [4.69, 9.17) is 0 Å². The van der Waals surface area contributed by atoms with Crippen molar-refractivity contribution in [2.24, 2.45) is 57.2 Å². The molecular weight excluding hydrogens is 603 g/mol. The summed E-state index contributed by atoms with van der Waals surface area (Å²) < 4.78 is 13.3. The largest absolute Gasteiger partial charge is 0.480 e. The molecule has 7 heteroatoms. The lowest BCUT2D eigenvalue weighted by Crippen LogP contribution is -2.67. The predicted octanol–water partition coefficient (Wildman–Crippen LogP) is 8.28.